The van der Waals surface area contributed by atoms with E-state index in [1.165, 1.54) is 19.3 Å². The molecule has 1 aromatic rings. The number of nitrogens with zero attached hydrogens (tertiary/aromatic N) is 2. The Kier molecular flexibility index (Phi) is 3.50. The van der Waals surface area contributed by atoms with Gasteiger partial charge in [0.1, 0.15) is 12.1 Å². The van der Waals surface area contributed by atoms with Crippen molar-refractivity contribution >= 4 is 5.82 Å². The normalized spacial score (nSPS) is 17.4. The maximum atomic E-state index is 5.49. The largest absolute Gasteiger partial charge is 0.478 e. The van der Waals surface area contributed by atoms with Crippen molar-refractivity contribution in [1.29, 1.82) is 0 Å². The summed E-state index contributed by atoms with van der Waals surface area (Å²) in [6.07, 6.45) is 6.49. The molecule has 1 aliphatic carbocycles. The Balaban J connectivity index is 2.18. The SMILES string of the molecule is CCOc1ncnc(NC2(CC)CCC2)c1C. The van der Waals surface area contributed by atoms with E-state index < -0.39 is 0 Å². The van der Waals surface area contributed by atoms with Gasteiger partial charge in [-0.05, 0) is 39.5 Å². The molecule has 2 rings (SSSR count). The molecule has 0 amide bonds. The van der Waals surface area contributed by atoms with Crippen molar-refractivity contribution in [2.24, 2.45) is 0 Å². The van der Waals surface area contributed by atoms with Gasteiger partial charge in [0.15, 0.2) is 0 Å². The molecular weight excluding hydrogens is 214 g/mol. The minimum atomic E-state index is 0.253. The topological polar surface area (TPSA) is 47.0 Å². The second-order valence-electron chi connectivity index (χ2n) is 4.70. The summed E-state index contributed by atoms with van der Waals surface area (Å²) in [6, 6.07) is 0. The lowest BCUT2D eigenvalue weighted by atomic mass is 9.75. The molecule has 17 heavy (non-hydrogen) atoms. The van der Waals surface area contributed by atoms with Crippen molar-refractivity contribution in [3.63, 3.8) is 0 Å². The second kappa shape index (κ2) is 4.90. The van der Waals surface area contributed by atoms with Crippen LogP contribution in [0, 0.1) is 6.92 Å². The van der Waals surface area contributed by atoms with Crippen LogP contribution in [0.3, 0.4) is 0 Å². The molecule has 1 heterocycles. The molecule has 1 saturated carbocycles. The first kappa shape index (κ1) is 12.1. The van der Waals surface area contributed by atoms with Gasteiger partial charge in [-0.15, -0.1) is 0 Å². The Hall–Kier alpha value is -1.32. The van der Waals surface area contributed by atoms with Crippen molar-refractivity contribution in [3.8, 4) is 5.88 Å². The minimum Gasteiger partial charge on any atom is -0.478 e. The quantitative estimate of drug-likeness (QED) is 0.852. The van der Waals surface area contributed by atoms with Crippen LogP contribution < -0.4 is 10.1 Å². The molecule has 1 N–H and O–H groups in total. The zero-order valence-corrected chi connectivity index (χ0v) is 10.9. The van der Waals surface area contributed by atoms with E-state index in [9.17, 15) is 0 Å². The summed E-state index contributed by atoms with van der Waals surface area (Å²) in [5.74, 6) is 1.61. The van der Waals surface area contributed by atoms with Gasteiger partial charge in [-0.3, -0.25) is 0 Å². The summed E-state index contributed by atoms with van der Waals surface area (Å²) in [6.45, 7) is 6.84. The average molecular weight is 235 g/mol. The second-order valence-corrected chi connectivity index (χ2v) is 4.70. The number of anilines is 1. The van der Waals surface area contributed by atoms with E-state index in [-0.39, 0.29) is 5.54 Å². The molecule has 0 unspecified atom stereocenters. The molecule has 1 fully saturated rings. The van der Waals surface area contributed by atoms with Crippen LogP contribution >= 0.6 is 0 Å². The summed E-state index contributed by atoms with van der Waals surface area (Å²) < 4.78 is 5.49. The molecule has 0 bridgehead atoms. The van der Waals surface area contributed by atoms with Crippen molar-refractivity contribution in [2.75, 3.05) is 11.9 Å². The first-order valence-electron chi connectivity index (χ1n) is 6.43. The Bertz CT molecular complexity index is 383. The third-order valence-electron chi connectivity index (χ3n) is 3.69. The third kappa shape index (κ3) is 2.35. The fraction of sp³-hybridized carbons (Fsp3) is 0.692. The lowest BCUT2D eigenvalue weighted by Crippen LogP contribution is -2.44. The summed E-state index contributed by atoms with van der Waals surface area (Å²) in [5, 5.41) is 3.58. The van der Waals surface area contributed by atoms with Gasteiger partial charge in [-0.2, -0.15) is 0 Å². The molecule has 94 valence electrons. The van der Waals surface area contributed by atoms with Crippen LogP contribution in [0.5, 0.6) is 5.88 Å². The monoisotopic (exact) mass is 235 g/mol. The van der Waals surface area contributed by atoms with Crippen LogP contribution in [-0.2, 0) is 0 Å². The molecule has 1 aliphatic rings. The van der Waals surface area contributed by atoms with Gasteiger partial charge in [0.25, 0.3) is 0 Å². The van der Waals surface area contributed by atoms with Gasteiger partial charge in [-0.1, -0.05) is 6.92 Å². The Labute approximate surface area is 103 Å². The number of rotatable bonds is 5. The van der Waals surface area contributed by atoms with E-state index >= 15 is 0 Å². The average Bonchev–Trinajstić information content (AvgIpc) is 2.28. The van der Waals surface area contributed by atoms with Gasteiger partial charge >= 0.3 is 0 Å². The predicted molar refractivity (Wildman–Crippen MR) is 68.4 cm³/mol. The summed E-state index contributed by atoms with van der Waals surface area (Å²) in [4.78, 5) is 8.49. The molecule has 0 spiro atoms. The number of hydrogen-bond donors (Lipinski definition) is 1. The highest BCUT2D eigenvalue weighted by atomic mass is 16.5. The predicted octanol–water partition coefficient (Wildman–Crippen LogP) is 2.93. The van der Waals surface area contributed by atoms with E-state index in [0.717, 1.165) is 17.8 Å². The number of aromatic nitrogens is 2. The van der Waals surface area contributed by atoms with Gasteiger partial charge in [-0.25, -0.2) is 9.97 Å². The number of ether oxygens (including phenoxy) is 1. The maximum Gasteiger partial charge on any atom is 0.221 e. The highest BCUT2D eigenvalue weighted by molar-refractivity contribution is 5.50. The van der Waals surface area contributed by atoms with Crippen LogP contribution in [0.25, 0.3) is 0 Å². The smallest absolute Gasteiger partial charge is 0.221 e. The van der Waals surface area contributed by atoms with Gasteiger partial charge in [0.2, 0.25) is 5.88 Å². The maximum absolute atomic E-state index is 5.49. The summed E-state index contributed by atoms with van der Waals surface area (Å²) in [5.41, 5.74) is 1.26. The number of nitrogens with one attached hydrogen (secondary N) is 1. The summed E-state index contributed by atoms with van der Waals surface area (Å²) in [7, 11) is 0. The lowest BCUT2D eigenvalue weighted by Gasteiger charge is -2.42. The molecule has 0 aromatic carbocycles. The van der Waals surface area contributed by atoms with Crippen molar-refractivity contribution in [3.05, 3.63) is 11.9 Å². The summed E-state index contributed by atoms with van der Waals surface area (Å²) >= 11 is 0. The van der Waals surface area contributed by atoms with E-state index in [1.54, 1.807) is 6.33 Å². The molecular formula is C13H21N3O. The van der Waals surface area contributed by atoms with Crippen LogP contribution in [0.1, 0.15) is 45.1 Å². The van der Waals surface area contributed by atoms with E-state index in [0.29, 0.717) is 12.5 Å². The molecule has 0 saturated heterocycles. The standard InChI is InChI=1S/C13H21N3O/c1-4-13(7-6-8-13)16-11-10(3)12(17-5-2)15-9-14-11/h9H,4-8H2,1-3H3,(H,14,15,16). The molecule has 0 atom stereocenters. The molecule has 4 heteroatoms. The van der Waals surface area contributed by atoms with Crippen molar-refractivity contribution in [2.45, 2.75) is 52.0 Å². The van der Waals surface area contributed by atoms with Gasteiger partial charge < -0.3 is 10.1 Å². The third-order valence-corrected chi connectivity index (χ3v) is 3.69. The van der Waals surface area contributed by atoms with Gasteiger partial charge in [0.05, 0.1) is 12.2 Å². The Morgan fingerprint density at radius 3 is 2.65 bits per heavy atom. The molecule has 0 aliphatic heterocycles. The van der Waals surface area contributed by atoms with Crippen LogP contribution in [0.4, 0.5) is 5.82 Å². The first-order chi connectivity index (χ1) is 8.21. The van der Waals surface area contributed by atoms with E-state index in [2.05, 4.69) is 22.2 Å². The first-order valence-corrected chi connectivity index (χ1v) is 6.43. The molecule has 0 radical (unpaired) electrons. The van der Waals surface area contributed by atoms with Crippen LogP contribution in [0.2, 0.25) is 0 Å². The Morgan fingerprint density at radius 1 is 1.35 bits per heavy atom. The van der Waals surface area contributed by atoms with Crippen LogP contribution in [-0.4, -0.2) is 22.1 Å². The van der Waals surface area contributed by atoms with E-state index in [4.69, 9.17) is 4.74 Å². The molecule has 4 nitrogen and oxygen atoms in total. The molecule has 1 aromatic heterocycles. The van der Waals surface area contributed by atoms with Crippen molar-refractivity contribution < 1.29 is 4.74 Å². The lowest BCUT2D eigenvalue weighted by molar-refractivity contribution is 0.268. The van der Waals surface area contributed by atoms with Crippen LogP contribution in [0.15, 0.2) is 6.33 Å². The minimum absolute atomic E-state index is 0.253. The fourth-order valence-electron chi connectivity index (χ4n) is 2.26. The highest BCUT2D eigenvalue weighted by Crippen LogP contribution is 2.38. The van der Waals surface area contributed by atoms with Crippen molar-refractivity contribution in [1.82, 2.24) is 9.97 Å². The highest BCUT2D eigenvalue weighted by Gasteiger charge is 2.35. The Morgan fingerprint density at radius 2 is 2.12 bits per heavy atom. The fourth-order valence-corrected chi connectivity index (χ4v) is 2.26. The zero-order valence-electron chi connectivity index (χ0n) is 10.9. The zero-order chi connectivity index (χ0) is 12.3. The number of hydrogen-bond acceptors (Lipinski definition) is 4. The van der Waals surface area contributed by atoms with Gasteiger partial charge in [0, 0.05) is 5.54 Å². The van der Waals surface area contributed by atoms with E-state index in [1.807, 2.05) is 13.8 Å².